The van der Waals surface area contributed by atoms with E-state index in [0.29, 0.717) is 17.1 Å². The van der Waals surface area contributed by atoms with Crippen molar-refractivity contribution in [3.05, 3.63) is 69.1 Å². The molecule has 1 heterocycles. The summed E-state index contributed by atoms with van der Waals surface area (Å²) in [6.07, 6.45) is 0. The molecule has 0 saturated carbocycles. The number of aromatic nitrogens is 2. The molecule has 0 bridgehead atoms. The molecular weight excluding hydrogens is 378 g/mol. The minimum Gasteiger partial charge on any atom is -0.497 e. The second kappa shape index (κ2) is 7.83. The lowest BCUT2D eigenvalue weighted by Gasteiger charge is -2.03. The van der Waals surface area contributed by atoms with Crippen LogP contribution in [-0.2, 0) is 11.3 Å². The fourth-order valence-electron chi connectivity index (χ4n) is 2.20. The standard InChI is InChI=1S/C17H12ClN3O6/c1-25-12-5-2-10(3-6-12)16-19-15(27-20-16)9-26-17(22)13-7-4-11(18)8-14(13)21(23)24/h2-8H,9H2,1H3. The summed E-state index contributed by atoms with van der Waals surface area (Å²) >= 11 is 5.72. The molecule has 0 aliphatic heterocycles. The summed E-state index contributed by atoms with van der Waals surface area (Å²) in [5.41, 5.74) is 0.0155. The number of nitrogens with zero attached hydrogens (tertiary/aromatic N) is 3. The molecule has 0 spiro atoms. The summed E-state index contributed by atoms with van der Waals surface area (Å²) in [5, 5.41) is 15.0. The van der Waals surface area contributed by atoms with Gasteiger partial charge in [-0.05, 0) is 36.4 Å². The Hall–Kier alpha value is -3.46. The predicted octanol–water partition coefficient (Wildman–Crippen LogP) is 3.66. The van der Waals surface area contributed by atoms with Gasteiger partial charge in [-0.25, -0.2) is 4.79 Å². The number of rotatable bonds is 6. The number of ether oxygens (including phenoxy) is 2. The van der Waals surface area contributed by atoms with E-state index in [-0.39, 0.29) is 23.1 Å². The molecule has 2 aromatic carbocycles. The van der Waals surface area contributed by atoms with E-state index in [1.54, 1.807) is 31.4 Å². The van der Waals surface area contributed by atoms with Crippen molar-refractivity contribution in [2.24, 2.45) is 0 Å². The van der Waals surface area contributed by atoms with E-state index in [1.165, 1.54) is 12.1 Å². The van der Waals surface area contributed by atoms with Crippen LogP contribution in [-0.4, -0.2) is 28.1 Å². The minimum absolute atomic E-state index is 0.0470. The highest BCUT2D eigenvalue weighted by Gasteiger charge is 2.22. The number of esters is 1. The molecule has 138 valence electrons. The number of hydrogen-bond donors (Lipinski definition) is 0. The third-order valence-electron chi connectivity index (χ3n) is 3.52. The van der Waals surface area contributed by atoms with Crippen molar-refractivity contribution < 1.29 is 23.7 Å². The number of benzene rings is 2. The Bertz CT molecular complexity index is 987. The van der Waals surface area contributed by atoms with E-state index in [9.17, 15) is 14.9 Å². The van der Waals surface area contributed by atoms with Gasteiger partial charge in [0, 0.05) is 16.7 Å². The van der Waals surface area contributed by atoms with Gasteiger partial charge in [0.05, 0.1) is 12.0 Å². The van der Waals surface area contributed by atoms with E-state index < -0.39 is 16.6 Å². The van der Waals surface area contributed by atoms with Crippen molar-refractivity contribution in [1.82, 2.24) is 10.1 Å². The first-order chi connectivity index (χ1) is 13.0. The molecule has 0 fully saturated rings. The highest BCUT2D eigenvalue weighted by molar-refractivity contribution is 6.31. The fraction of sp³-hybridized carbons (Fsp3) is 0.118. The molecule has 0 aliphatic rings. The van der Waals surface area contributed by atoms with Gasteiger partial charge < -0.3 is 14.0 Å². The molecular formula is C17H12ClN3O6. The van der Waals surface area contributed by atoms with Crippen LogP contribution < -0.4 is 4.74 Å². The molecule has 0 N–H and O–H groups in total. The van der Waals surface area contributed by atoms with Crippen molar-refractivity contribution in [3.63, 3.8) is 0 Å². The van der Waals surface area contributed by atoms with Crippen LogP contribution in [0.5, 0.6) is 5.75 Å². The maximum Gasteiger partial charge on any atom is 0.345 e. The van der Waals surface area contributed by atoms with Crippen LogP contribution >= 0.6 is 11.6 Å². The van der Waals surface area contributed by atoms with Gasteiger partial charge in [-0.2, -0.15) is 4.98 Å². The van der Waals surface area contributed by atoms with Crippen LogP contribution in [0.2, 0.25) is 5.02 Å². The van der Waals surface area contributed by atoms with Crippen molar-refractivity contribution in [2.75, 3.05) is 7.11 Å². The summed E-state index contributed by atoms with van der Waals surface area (Å²) in [5.74, 6) is 0.135. The number of nitro benzene ring substituents is 1. The SMILES string of the molecule is COc1ccc(-c2noc(COC(=O)c3ccc(Cl)cc3[N+](=O)[O-])n2)cc1. The van der Waals surface area contributed by atoms with E-state index in [0.717, 1.165) is 6.07 Å². The van der Waals surface area contributed by atoms with Crippen LogP contribution in [0.1, 0.15) is 16.2 Å². The molecule has 3 rings (SSSR count). The largest absolute Gasteiger partial charge is 0.497 e. The predicted molar refractivity (Wildman–Crippen MR) is 93.5 cm³/mol. The number of carbonyl (C=O) groups excluding carboxylic acids is 1. The van der Waals surface area contributed by atoms with Crippen molar-refractivity contribution in [3.8, 4) is 17.1 Å². The van der Waals surface area contributed by atoms with E-state index in [1.807, 2.05) is 0 Å². The Morgan fingerprint density at radius 1 is 1.26 bits per heavy atom. The monoisotopic (exact) mass is 389 g/mol. The van der Waals surface area contributed by atoms with Crippen molar-refractivity contribution in [1.29, 1.82) is 0 Å². The van der Waals surface area contributed by atoms with Crippen LogP contribution in [0.15, 0.2) is 47.0 Å². The van der Waals surface area contributed by atoms with E-state index in [2.05, 4.69) is 10.1 Å². The van der Waals surface area contributed by atoms with Crippen LogP contribution in [0.3, 0.4) is 0 Å². The van der Waals surface area contributed by atoms with Crippen LogP contribution in [0.25, 0.3) is 11.4 Å². The Labute approximate surface area is 157 Å². The average Bonchev–Trinajstić information content (AvgIpc) is 3.15. The maximum atomic E-state index is 12.1. The summed E-state index contributed by atoms with van der Waals surface area (Å²) in [7, 11) is 1.56. The van der Waals surface area contributed by atoms with Gasteiger partial charge >= 0.3 is 5.97 Å². The van der Waals surface area contributed by atoms with E-state index >= 15 is 0 Å². The molecule has 10 heteroatoms. The van der Waals surface area contributed by atoms with Crippen LogP contribution in [0, 0.1) is 10.1 Å². The van der Waals surface area contributed by atoms with Gasteiger partial charge in [-0.1, -0.05) is 16.8 Å². The lowest BCUT2D eigenvalue weighted by molar-refractivity contribution is -0.385. The molecule has 0 amide bonds. The quantitative estimate of drug-likeness (QED) is 0.356. The normalized spacial score (nSPS) is 10.4. The molecule has 0 atom stereocenters. The number of halogens is 1. The van der Waals surface area contributed by atoms with Gasteiger partial charge in [-0.15, -0.1) is 0 Å². The minimum atomic E-state index is -0.900. The first-order valence-corrected chi connectivity index (χ1v) is 7.94. The van der Waals surface area contributed by atoms with Gasteiger partial charge in [-0.3, -0.25) is 10.1 Å². The zero-order valence-electron chi connectivity index (χ0n) is 13.9. The highest BCUT2D eigenvalue weighted by atomic mass is 35.5. The van der Waals surface area contributed by atoms with Crippen LogP contribution in [0.4, 0.5) is 5.69 Å². The van der Waals surface area contributed by atoms with E-state index in [4.69, 9.17) is 25.6 Å². The summed E-state index contributed by atoms with van der Waals surface area (Å²) in [6.45, 7) is -0.332. The summed E-state index contributed by atoms with van der Waals surface area (Å²) in [6, 6.07) is 10.6. The molecule has 0 unspecified atom stereocenters. The number of methoxy groups -OCH3 is 1. The van der Waals surface area contributed by atoms with Gasteiger partial charge in [0.2, 0.25) is 5.82 Å². The summed E-state index contributed by atoms with van der Waals surface area (Å²) < 4.78 is 15.1. The molecule has 1 aromatic heterocycles. The van der Waals surface area contributed by atoms with Crippen molar-refractivity contribution in [2.45, 2.75) is 6.61 Å². The molecule has 0 saturated heterocycles. The number of nitro groups is 1. The zero-order valence-corrected chi connectivity index (χ0v) is 14.7. The molecule has 0 radical (unpaired) electrons. The maximum absolute atomic E-state index is 12.1. The van der Waals surface area contributed by atoms with Gasteiger partial charge in [0.25, 0.3) is 11.6 Å². The van der Waals surface area contributed by atoms with Gasteiger partial charge in [0.15, 0.2) is 6.61 Å². The van der Waals surface area contributed by atoms with Gasteiger partial charge in [0.1, 0.15) is 11.3 Å². The zero-order chi connectivity index (χ0) is 19.4. The average molecular weight is 390 g/mol. The molecule has 27 heavy (non-hydrogen) atoms. The summed E-state index contributed by atoms with van der Waals surface area (Å²) in [4.78, 5) is 26.6. The second-order valence-electron chi connectivity index (χ2n) is 5.23. The Balaban J connectivity index is 1.70. The topological polar surface area (TPSA) is 118 Å². The fourth-order valence-corrected chi connectivity index (χ4v) is 2.37. The second-order valence-corrected chi connectivity index (χ2v) is 5.67. The Kier molecular flexibility index (Phi) is 5.32. The molecule has 3 aromatic rings. The third-order valence-corrected chi connectivity index (χ3v) is 3.75. The number of carbonyl (C=O) groups is 1. The highest BCUT2D eigenvalue weighted by Crippen LogP contribution is 2.24. The van der Waals surface area contributed by atoms with Crippen molar-refractivity contribution >= 4 is 23.3 Å². The smallest absolute Gasteiger partial charge is 0.345 e. The third kappa shape index (κ3) is 4.21. The lowest BCUT2D eigenvalue weighted by Crippen LogP contribution is -2.08. The number of hydrogen-bond acceptors (Lipinski definition) is 8. The molecule has 9 nitrogen and oxygen atoms in total. The molecule has 0 aliphatic carbocycles. The first-order valence-electron chi connectivity index (χ1n) is 7.56. The lowest BCUT2D eigenvalue weighted by atomic mass is 10.2. The Morgan fingerprint density at radius 2 is 2.00 bits per heavy atom. The first kappa shape index (κ1) is 18.3. The Morgan fingerprint density at radius 3 is 2.67 bits per heavy atom.